The molecule has 0 aliphatic carbocycles. The largest absolute Gasteiger partial charge is 0.497 e. The molecule has 1 aromatic carbocycles. The number of anilines is 1. The summed E-state index contributed by atoms with van der Waals surface area (Å²) in [6.45, 7) is 2.29. The summed E-state index contributed by atoms with van der Waals surface area (Å²) >= 11 is 0. The van der Waals surface area contributed by atoms with Gasteiger partial charge in [0.2, 0.25) is 5.91 Å². The first kappa shape index (κ1) is 16.0. The van der Waals surface area contributed by atoms with Crippen molar-refractivity contribution >= 4 is 17.6 Å². The minimum absolute atomic E-state index is 0.178. The number of nitrogens with one attached hydrogen (secondary N) is 1. The lowest BCUT2D eigenvalue weighted by Crippen LogP contribution is -2.43. The molecule has 1 N–H and O–H groups in total. The number of carbonyl (C=O) groups excluding carboxylic acids is 2. The molecule has 2 aromatic rings. The van der Waals surface area contributed by atoms with Gasteiger partial charge in [-0.05, 0) is 38.0 Å². The number of rotatable bonds is 4. The van der Waals surface area contributed by atoms with E-state index in [-0.39, 0.29) is 11.8 Å². The van der Waals surface area contributed by atoms with Crippen molar-refractivity contribution in [3.63, 3.8) is 0 Å². The highest BCUT2D eigenvalue weighted by atomic mass is 16.5. The predicted octanol–water partition coefficient (Wildman–Crippen LogP) is 2.23. The van der Waals surface area contributed by atoms with Crippen LogP contribution in [0.1, 0.15) is 29.0 Å². The molecule has 1 atom stereocenters. The third kappa shape index (κ3) is 3.24. The van der Waals surface area contributed by atoms with Gasteiger partial charge in [0, 0.05) is 18.2 Å². The molecule has 0 radical (unpaired) electrons. The summed E-state index contributed by atoms with van der Waals surface area (Å²) in [6.07, 6.45) is 1.41. The lowest BCUT2D eigenvalue weighted by Gasteiger charge is -2.23. The van der Waals surface area contributed by atoms with E-state index in [2.05, 4.69) is 10.5 Å². The van der Waals surface area contributed by atoms with E-state index in [0.717, 1.165) is 6.42 Å². The van der Waals surface area contributed by atoms with Crippen molar-refractivity contribution in [2.75, 3.05) is 19.0 Å². The summed E-state index contributed by atoms with van der Waals surface area (Å²) in [4.78, 5) is 26.8. The number of nitrogens with zero attached hydrogens (tertiary/aromatic N) is 2. The molecule has 1 fully saturated rings. The lowest BCUT2D eigenvalue weighted by atomic mass is 10.1. The van der Waals surface area contributed by atoms with Gasteiger partial charge in [0.1, 0.15) is 17.6 Å². The Labute approximate surface area is 139 Å². The SMILES string of the molecule is COc1cccc(C(=O)N2CCC[C@@H]2C(=O)Nc2cc(C)on2)c1. The van der Waals surface area contributed by atoms with Gasteiger partial charge in [-0.1, -0.05) is 11.2 Å². The monoisotopic (exact) mass is 329 g/mol. The van der Waals surface area contributed by atoms with Gasteiger partial charge in [-0.2, -0.15) is 0 Å². The first-order valence-corrected chi connectivity index (χ1v) is 7.77. The van der Waals surface area contributed by atoms with Crippen LogP contribution in [0.5, 0.6) is 5.75 Å². The maximum Gasteiger partial charge on any atom is 0.254 e. The van der Waals surface area contributed by atoms with E-state index in [1.54, 1.807) is 49.3 Å². The first-order valence-electron chi connectivity index (χ1n) is 7.77. The number of likely N-dealkylation sites (tertiary alicyclic amines) is 1. The van der Waals surface area contributed by atoms with Gasteiger partial charge >= 0.3 is 0 Å². The molecule has 7 heteroatoms. The molecule has 0 bridgehead atoms. The average molecular weight is 329 g/mol. The van der Waals surface area contributed by atoms with Crippen LogP contribution in [0.15, 0.2) is 34.9 Å². The highest BCUT2D eigenvalue weighted by Crippen LogP contribution is 2.23. The Balaban J connectivity index is 1.74. The Kier molecular flexibility index (Phi) is 4.50. The van der Waals surface area contributed by atoms with Crippen LogP contribution >= 0.6 is 0 Å². The number of amides is 2. The van der Waals surface area contributed by atoms with Gasteiger partial charge in [-0.3, -0.25) is 9.59 Å². The van der Waals surface area contributed by atoms with E-state index >= 15 is 0 Å². The molecular formula is C17H19N3O4. The Morgan fingerprint density at radius 2 is 2.21 bits per heavy atom. The molecule has 126 valence electrons. The Morgan fingerprint density at radius 1 is 1.38 bits per heavy atom. The zero-order chi connectivity index (χ0) is 17.1. The van der Waals surface area contributed by atoms with Crippen molar-refractivity contribution in [3.8, 4) is 5.75 Å². The first-order chi connectivity index (χ1) is 11.6. The number of aryl methyl sites for hydroxylation is 1. The molecule has 2 heterocycles. The molecule has 3 rings (SSSR count). The van der Waals surface area contributed by atoms with Gasteiger partial charge in [-0.15, -0.1) is 0 Å². The van der Waals surface area contributed by atoms with Crippen molar-refractivity contribution in [1.29, 1.82) is 0 Å². The smallest absolute Gasteiger partial charge is 0.254 e. The fourth-order valence-corrected chi connectivity index (χ4v) is 2.84. The molecule has 1 aromatic heterocycles. The van der Waals surface area contributed by atoms with E-state index in [9.17, 15) is 9.59 Å². The second-order valence-electron chi connectivity index (χ2n) is 5.70. The molecular weight excluding hydrogens is 310 g/mol. The number of methoxy groups -OCH3 is 1. The van der Waals surface area contributed by atoms with Gasteiger partial charge in [0.05, 0.1) is 7.11 Å². The summed E-state index contributed by atoms with van der Waals surface area (Å²) in [5.41, 5.74) is 0.506. The summed E-state index contributed by atoms with van der Waals surface area (Å²) < 4.78 is 10.1. The van der Waals surface area contributed by atoms with E-state index in [0.29, 0.717) is 35.9 Å². The zero-order valence-electron chi connectivity index (χ0n) is 13.6. The summed E-state index contributed by atoms with van der Waals surface area (Å²) in [5.74, 6) is 1.15. The van der Waals surface area contributed by atoms with Crippen molar-refractivity contribution < 1.29 is 18.8 Å². The molecule has 7 nitrogen and oxygen atoms in total. The quantitative estimate of drug-likeness (QED) is 0.930. The second kappa shape index (κ2) is 6.74. The maximum atomic E-state index is 12.7. The number of benzene rings is 1. The molecule has 1 aliphatic rings. The number of hydrogen-bond acceptors (Lipinski definition) is 5. The summed E-state index contributed by atoms with van der Waals surface area (Å²) in [6, 6.07) is 8.06. The predicted molar refractivity (Wildman–Crippen MR) is 86.9 cm³/mol. The van der Waals surface area contributed by atoms with Crippen LogP contribution in [0.4, 0.5) is 5.82 Å². The Morgan fingerprint density at radius 3 is 2.92 bits per heavy atom. The fraction of sp³-hybridized carbons (Fsp3) is 0.353. The van der Waals surface area contributed by atoms with Gasteiger partial charge in [0.15, 0.2) is 5.82 Å². The van der Waals surface area contributed by atoms with Crippen LogP contribution in [0.3, 0.4) is 0 Å². The van der Waals surface area contributed by atoms with Crippen LogP contribution in [0.25, 0.3) is 0 Å². The third-order valence-electron chi connectivity index (χ3n) is 4.01. The van der Waals surface area contributed by atoms with Gasteiger partial charge in [0.25, 0.3) is 5.91 Å². The maximum absolute atomic E-state index is 12.7. The minimum atomic E-state index is -0.513. The van der Waals surface area contributed by atoms with Crippen LogP contribution < -0.4 is 10.1 Å². The second-order valence-corrected chi connectivity index (χ2v) is 5.70. The fourth-order valence-electron chi connectivity index (χ4n) is 2.84. The molecule has 1 saturated heterocycles. The molecule has 2 amide bonds. The summed E-state index contributed by atoms with van der Waals surface area (Å²) in [7, 11) is 1.55. The van der Waals surface area contributed by atoms with E-state index in [1.807, 2.05) is 0 Å². The molecule has 0 spiro atoms. The van der Waals surface area contributed by atoms with Crippen molar-refractivity contribution in [1.82, 2.24) is 10.1 Å². The van der Waals surface area contributed by atoms with E-state index in [1.165, 1.54) is 0 Å². The standard InChI is InChI=1S/C17H19N3O4/c1-11-9-15(19-24-11)18-16(21)14-7-4-8-20(14)17(22)12-5-3-6-13(10-12)23-2/h3,5-6,9-10,14H,4,7-8H2,1-2H3,(H,18,19,21)/t14-/m1/s1. The molecule has 24 heavy (non-hydrogen) atoms. The van der Waals surface area contributed by atoms with Gasteiger partial charge < -0.3 is 19.5 Å². The highest BCUT2D eigenvalue weighted by Gasteiger charge is 2.35. The summed E-state index contributed by atoms with van der Waals surface area (Å²) in [5, 5.41) is 6.45. The number of aromatic nitrogens is 1. The molecule has 0 unspecified atom stereocenters. The van der Waals surface area contributed by atoms with Crippen LogP contribution in [0, 0.1) is 6.92 Å². The molecule has 1 aliphatic heterocycles. The van der Waals surface area contributed by atoms with E-state index in [4.69, 9.17) is 9.26 Å². The van der Waals surface area contributed by atoms with E-state index < -0.39 is 6.04 Å². The zero-order valence-corrected chi connectivity index (χ0v) is 13.6. The van der Waals surface area contributed by atoms with Crippen LogP contribution in [-0.4, -0.2) is 41.6 Å². The van der Waals surface area contributed by atoms with Crippen LogP contribution in [0.2, 0.25) is 0 Å². The Hall–Kier alpha value is -2.83. The number of hydrogen-bond donors (Lipinski definition) is 1. The number of carbonyl (C=O) groups is 2. The number of ether oxygens (including phenoxy) is 1. The normalized spacial score (nSPS) is 16.9. The van der Waals surface area contributed by atoms with Gasteiger partial charge in [-0.25, -0.2) is 0 Å². The Bertz CT molecular complexity index is 756. The van der Waals surface area contributed by atoms with Crippen molar-refractivity contribution in [2.24, 2.45) is 0 Å². The topological polar surface area (TPSA) is 84.7 Å². The third-order valence-corrected chi connectivity index (χ3v) is 4.01. The van der Waals surface area contributed by atoms with Crippen molar-refractivity contribution in [2.45, 2.75) is 25.8 Å². The highest BCUT2D eigenvalue weighted by molar-refractivity contribution is 6.01. The molecule has 0 saturated carbocycles. The van der Waals surface area contributed by atoms with Crippen LogP contribution in [-0.2, 0) is 4.79 Å². The lowest BCUT2D eigenvalue weighted by molar-refractivity contribution is -0.119. The average Bonchev–Trinajstić information content (AvgIpc) is 3.23. The minimum Gasteiger partial charge on any atom is -0.497 e. The van der Waals surface area contributed by atoms with Crippen molar-refractivity contribution in [3.05, 3.63) is 41.7 Å².